The first kappa shape index (κ1) is 12.9. The Morgan fingerprint density at radius 1 is 1.23 bits per heavy atom. The van der Waals surface area contributed by atoms with Gasteiger partial charge in [0.05, 0.1) is 0 Å². The van der Waals surface area contributed by atoms with Crippen molar-refractivity contribution in [2.45, 2.75) is 40.2 Å². The van der Waals surface area contributed by atoms with Gasteiger partial charge in [0, 0.05) is 6.04 Å². The lowest BCUT2D eigenvalue weighted by molar-refractivity contribution is 0.280. The van der Waals surface area contributed by atoms with E-state index in [1.807, 2.05) is 0 Å². The number of nitrogens with zero attached hydrogens (tertiary/aromatic N) is 1. The zero-order valence-electron chi connectivity index (χ0n) is 10.1. The molecule has 1 unspecified atom stereocenters. The molecule has 0 saturated heterocycles. The average Bonchev–Trinajstić information content (AvgIpc) is 1.95. The second-order valence-corrected chi connectivity index (χ2v) is 5.20. The second kappa shape index (κ2) is 5.61. The number of hydrogen-bond acceptors (Lipinski definition) is 2. The summed E-state index contributed by atoms with van der Waals surface area (Å²) in [4.78, 5) is 2.23. The summed E-state index contributed by atoms with van der Waals surface area (Å²) in [6.07, 6.45) is 1.23. The lowest BCUT2D eigenvalue weighted by Gasteiger charge is -2.28. The molecular weight excluding hydrogens is 160 g/mol. The summed E-state index contributed by atoms with van der Waals surface area (Å²) in [6.45, 7) is 11.4. The van der Waals surface area contributed by atoms with Gasteiger partial charge in [-0.05, 0) is 45.9 Å². The molecule has 0 saturated carbocycles. The van der Waals surface area contributed by atoms with Crippen molar-refractivity contribution in [3.63, 3.8) is 0 Å². The first-order valence-electron chi connectivity index (χ1n) is 5.22. The second-order valence-electron chi connectivity index (χ2n) is 5.20. The van der Waals surface area contributed by atoms with Gasteiger partial charge in [-0.2, -0.15) is 0 Å². The van der Waals surface area contributed by atoms with E-state index in [0.29, 0.717) is 11.5 Å². The van der Waals surface area contributed by atoms with E-state index in [4.69, 9.17) is 0 Å². The maximum Gasteiger partial charge on any atom is 0.00872 e. The van der Waals surface area contributed by atoms with Crippen molar-refractivity contribution < 1.29 is 0 Å². The third kappa shape index (κ3) is 7.03. The molecule has 0 heterocycles. The number of nitrogens with one attached hydrogen (secondary N) is 1. The molecule has 80 valence electrons. The minimum absolute atomic E-state index is 0.373. The Kier molecular flexibility index (Phi) is 5.57. The van der Waals surface area contributed by atoms with Crippen LogP contribution in [0.1, 0.15) is 34.1 Å². The van der Waals surface area contributed by atoms with Gasteiger partial charge in [-0.25, -0.2) is 0 Å². The minimum atomic E-state index is 0.373. The van der Waals surface area contributed by atoms with Crippen LogP contribution >= 0.6 is 0 Å². The monoisotopic (exact) mass is 186 g/mol. The Hall–Kier alpha value is -0.0800. The van der Waals surface area contributed by atoms with Gasteiger partial charge in [0.15, 0.2) is 0 Å². The molecular formula is C11H26N2. The van der Waals surface area contributed by atoms with Crippen molar-refractivity contribution in [1.82, 2.24) is 10.2 Å². The van der Waals surface area contributed by atoms with Gasteiger partial charge >= 0.3 is 0 Å². The molecule has 0 spiro atoms. The van der Waals surface area contributed by atoms with Gasteiger partial charge in [-0.1, -0.05) is 20.8 Å². The predicted molar refractivity (Wildman–Crippen MR) is 60.1 cm³/mol. The van der Waals surface area contributed by atoms with E-state index in [1.54, 1.807) is 0 Å². The van der Waals surface area contributed by atoms with Gasteiger partial charge in [0.2, 0.25) is 0 Å². The molecule has 0 amide bonds. The van der Waals surface area contributed by atoms with Crippen LogP contribution in [0.25, 0.3) is 0 Å². The fourth-order valence-electron chi connectivity index (χ4n) is 1.02. The molecule has 0 aromatic carbocycles. The van der Waals surface area contributed by atoms with Crippen LogP contribution < -0.4 is 5.32 Å². The predicted octanol–water partition coefficient (Wildman–Crippen LogP) is 1.96. The van der Waals surface area contributed by atoms with Crippen LogP contribution in [0.5, 0.6) is 0 Å². The lowest BCUT2D eigenvalue weighted by Crippen LogP contribution is -2.38. The standard InChI is InChI=1S/C11H26N2/c1-10(11(2,3)4)12-8-7-9-13(5)6/h10,12H,7-9H2,1-6H3. The summed E-state index contributed by atoms with van der Waals surface area (Å²) in [5.41, 5.74) is 0.373. The molecule has 13 heavy (non-hydrogen) atoms. The highest BCUT2D eigenvalue weighted by molar-refractivity contribution is 4.75. The minimum Gasteiger partial charge on any atom is -0.314 e. The quantitative estimate of drug-likeness (QED) is 0.660. The molecule has 0 rings (SSSR count). The lowest BCUT2D eigenvalue weighted by atomic mass is 9.88. The van der Waals surface area contributed by atoms with Crippen molar-refractivity contribution in [1.29, 1.82) is 0 Å². The Balaban J connectivity index is 3.43. The highest BCUT2D eigenvalue weighted by atomic mass is 15.1. The van der Waals surface area contributed by atoms with Crippen molar-refractivity contribution in [3.8, 4) is 0 Å². The highest BCUT2D eigenvalue weighted by Crippen LogP contribution is 2.18. The van der Waals surface area contributed by atoms with Gasteiger partial charge in [0.25, 0.3) is 0 Å². The van der Waals surface area contributed by atoms with Crippen LogP contribution in [0.15, 0.2) is 0 Å². The molecule has 1 N–H and O–H groups in total. The Labute approximate surface area is 83.7 Å². The van der Waals surface area contributed by atoms with Crippen LogP contribution in [-0.2, 0) is 0 Å². The Morgan fingerprint density at radius 2 is 1.77 bits per heavy atom. The molecule has 2 heteroatoms. The maximum absolute atomic E-state index is 3.55. The first-order chi connectivity index (χ1) is 5.84. The summed E-state index contributed by atoms with van der Waals surface area (Å²) < 4.78 is 0. The number of rotatable bonds is 5. The SMILES string of the molecule is CC(NCCCN(C)C)C(C)(C)C. The average molecular weight is 186 g/mol. The molecule has 0 bridgehead atoms. The van der Waals surface area contributed by atoms with Crippen LogP contribution in [-0.4, -0.2) is 38.1 Å². The normalized spacial score (nSPS) is 15.0. The third-order valence-corrected chi connectivity index (χ3v) is 2.53. The van der Waals surface area contributed by atoms with E-state index in [1.165, 1.54) is 13.0 Å². The van der Waals surface area contributed by atoms with Crippen molar-refractivity contribution in [2.24, 2.45) is 5.41 Å². The summed E-state index contributed by atoms with van der Waals surface area (Å²) in [5, 5.41) is 3.55. The molecule has 0 aliphatic rings. The van der Waals surface area contributed by atoms with Gasteiger partial charge in [-0.15, -0.1) is 0 Å². The fraction of sp³-hybridized carbons (Fsp3) is 1.00. The zero-order chi connectivity index (χ0) is 10.5. The Morgan fingerprint density at radius 3 is 2.15 bits per heavy atom. The number of hydrogen-bond donors (Lipinski definition) is 1. The van der Waals surface area contributed by atoms with Crippen LogP contribution in [0.3, 0.4) is 0 Å². The smallest absolute Gasteiger partial charge is 0.00872 e. The Bertz CT molecular complexity index is 125. The summed E-state index contributed by atoms with van der Waals surface area (Å²) >= 11 is 0. The molecule has 0 aliphatic carbocycles. The fourth-order valence-corrected chi connectivity index (χ4v) is 1.02. The van der Waals surface area contributed by atoms with Crippen LogP contribution in [0, 0.1) is 5.41 Å². The maximum atomic E-state index is 3.55. The van der Waals surface area contributed by atoms with Crippen molar-refractivity contribution in [3.05, 3.63) is 0 Å². The van der Waals surface area contributed by atoms with Crippen molar-refractivity contribution >= 4 is 0 Å². The molecule has 0 aromatic heterocycles. The molecule has 0 aliphatic heterocycles. The summed E-state index contributed by atoms with van der Waals surface area (Å²) in [6, 6.07) is 0.592. The van der Waals surface area contributed by atoms with Gasteiger partial charge in [-0.3, -0.25) is 0 Å². The molecule has 0 radical (unpaired) electrons. The van der Waals surface area contributed by atoms with Crippen LogP contribution in [0.4, 0.5) is 0 Å². The first-order valence-corrected chi connectivity index (χ1v) is 5.22. The third-order valence-electron chi connectivity index (χ3n) is 2.53. The molecule has 0 fully saturated rings. The zero-order valence-corrected chi connectivity index (χ0v) is 10.1. The summed E-state index contributed by atoms with van der Waals surface area (Å²) in [7, 11) is 4.24. The molecule has 1 atom stereocenters. The summed E-state index contributed by atoms with van der Waals surface area (Å²) in [5.74, 6) is 0. The van der Waals surface area contributed by atoms with Gasteiger partial charge < -0.3 is 10.2 Å². The van der Waals surface area contributed by atoms with Crippen LogP contribution in [0.2, 0.25) is 0 Å². The van der Waals surface area contributed by atoms with E-state index < -0.39 is 0 Å². The van der Waals surface area contributed by atoms with E-state index in [9.17, 15) is 0 Å². The van der Waals surface area contributed by atoms with E-state index in [0.717, 1.165) is 6.54 Å². The van der Waals surface area contributed by atoms with E-state index >= 15 is 0 Å². The van der Waals surface area contributed by atoms with E-state index in [-0.39, 0.29) is 0 Å². The molecule has 2 nitrogen and oxygen atoms in total. The van der Waals surface area contributed by atoms with Gasteiger partial charge in [0.1, 0.15) is 0 Å². The highest BCUT2D eigenvalue weighted by Gasteiger charge is 2.18. The molecule has 0 aromatic rings. The largest absolute Gasteiger partial charge is 0.314 e. The van der Waals surface area contributed by atoms with Crippen molar-refractivity contribution in [2.75, 3.05) is 27.2 Å². The van der Waals surface area contributed by atoms with E-state index in [2.05, 4.69) is 52.0 Å². The topological polar surface area (TPSA) is 15.3 Å².